The van der Waals surface area contributed by atoms with E-state index in [2.05, 4.69) is 15.6 Å². The first-order valence-corrected chi connectivity index (χ1v) is 14.0. The lowest BCUT2D eigenvalue weighted by molar-refractivity contribution is -0.205. The van der Waals surface area contributed by atoms with Crippen molar-refractivity contribution < 1.29 is 29.6 Å². The number of hydrogen-bond acceptors (Lipinski definition) is 9. The highest BCUT2D eigenvalue weighted by Gasteiger charge is 2.48. The van der Waals surface area contributed by atoms with Gasteiger partial charge in [0.05, 0.1) is 30.3 Å². The molecule has 2 fully saturated rings. The molecular formula is C24H38ClN3O6S. The molecule has 0 aliphatic carbocycles. The number of carbonyl (C=O) groups excluding carboxylic acids is 1. The molecule has 1 aromatic heterocycles. The Kier molecular flexibility index (Phi) is 11.3. The maximum absolute atomic E-state index is 13.1. The first kappa shape index (κ1) is 28.4. The van der Waals surface area contributed by atoms with Crippen LogP contribution in [0, 0.1) is 5.92 Å². The van der Waals surface area contributed by atoms with Gasteiger partial charge in [-0.15, -0.1) is 23.4 Å². The van der Waals surface area contributed by atoms with Gasteiger partial charge >= 0.3 is 0 Å². The molecule has 11 heteroatoms. The van der Waals surface area contributed by atoms with Crippen molar-refractivity contribution >= 4 is 29.3 Å². The molecule has 3 heterocycles. The Balaban J connectivity index is 1.49. The molecule has 0 radical (unpaired) electrons. The molecule has 2 aliphatic rings. The van der Waals surface area contributed by atoms with Gasteiger partial charge in [0, 0.05) is 6.20 Å². The Morgan fingerprint density at radius 2 is 2.11 bits per heavy atom. The number of halogens is 1. The van der Waals surface area contributed by atoms with Crippen LogP contribution in [0.5, 0.6) is 5.75 Å². The maximum atomic E-state index is 13.1. The number of amides is 1. The highest BCUT2D eigenvalue weighted by atomic mass is 35.5. The first-order valence-electron chi connectivity index (χ1n) is 12.2. The van der Waals surface area contributed by atoms with Crippen LogP contribution in [0.2, 0.25) is 0 Å². The zero-order valence-corrected chi connectivity index (χ0v) is 21.8. The molecule has 0 saturated carbocycles. The molecule has 35 heavy (non-hydrogen) atoms. The Hall–Kier alpha value is -1.14. The number of aromatic nitrogens is 1. The molecule has 0 spiro atoms. The van der Waals surface area contributed by atoms with Crippen molar-refractivity contribution in [2.24, 2.45) is 5.92 Å². The van der Waals surface area contributed by atoms with Crippen molar-refractivity contribution in [3.8, 4) is 5.75 Å². The van der Waals surface area contributed by atoms with Crippen molar-refractivity contribution in [2.75, 3.05) is 19.4 Å². The summed E-state index contributed by atoms with van der Waals surface area (Å²) in [6.45, 7) is 3.07. The fraction of sp³-hybridized carbons (Fsp3) is 0.750. The SMILES string of the molecule is CS[C@H]1O[C@H]([C@H](NC(=O)[C@@H]2CC[C@H](CCCOc3cccnc3)CCN2)[C@H](C)Cl)[C@H](O)[C@H](O)[C@H]1O. The third-order valence-corrected chi connectivity index (χ3v) is 7.91. The zero-order chi connectivity index (χ0) is 25.4. The number of carbonyl (C=O) groups is 1. The van der Waals surface area contributed by atoms with Crippen molar-refractivity contribution in [3.05, 3.63) is 24.5 Å². The largest absolute Gasteiger partial charge is 0.492 e. The highest BCUT2D eigenvalue weighted by molar-refractivity contribution is 7.99. The molecular weight excluding hydrogens is 494 g/mol. The molecule has 2 aliphatic heterocycles. The first-order chi connectivity index (χ1) is 16.8. The molecule has 1 amide bonds. The van der Waals surface area contributed by atoms with E-state index in [0.29, 0.717) is 18.9 Å². The fourth-order valence-electron chi connectivity index (χ4n) is 4.71. The average Bonchev–Trinajstić information content (AvgIpc) is 3.10. The predicted molar refractivity (Wildman–Crippen MR) is 136 cm³/mol. The number of rotatable bonds is 10. The predicted octanol–water partition coefficient (Wildman–Crippen LogP) is 1.28. The standard InChI is InChI=1S/C24H38ClN3O6S/c1-14(25)18(22-20(30)19(29)21(31)24(34-22)35-2)28-23(32)17-8-7-15(9-11-27-17)5-4-12-33-16-6-3-10-26-13-16/h3,6,10,13-15,17-22,24,27,29-31H,4-5,7-9,11-12H2,1-2H3,(H,28,32)/t14-,15-,17-,18+,19-,20+,21+,22+,24+/m0/s1. The van der Waals surface area contributed by atoms with Crippen molar-refractivity contribution in [1.29, 1.82) is 0 Å². The number of thioether (sulfide) groups is 1. The normalized spacial score (nSPS) is 33.4. The molecule has 1 aromatic rings. The van der Waals surface area contributed by atoms with E-state index in [1.165, 1.54) is 11.8 Å². The van der Waals surface area contributed by atoms with Gasteiger partial charge in [-0.1, -0.05) is 0 Å². The number of aliphatic hydroxyl groups is 3. The van der Waals surface area contributed by atoms with E-state index >= 15 is 0 Å². The third kappa shape index (κ3) is 7.92. The van der Waals surface area contributed by atoms with Crippen LogP contribution in [0.15, 0.2) is 24.5 Å². The number of hydrogen-bond donors (Lipinski definition) is 5. The summed E-state index contributed by atoms with van der Waals surface area (Å²) in [5.74, 6) is 1.07. The number of pyridine rings is 1. The molecule has 2 saturated heterocycles. The second-order valence-electron chi connectivity index (χ2n) is 9.31. The second kappa shape index (κ2) is 14.0. The Morgan fingerprint density at radius 1 is 1.31 bits per heavy atom. The van der Waals surface area contributed by atoms with Crippen molar-refractivity contribution in [3.63, 3.8) is 0 Å². The van der Waals surface area contributed by atoms with Gasteiger partial charge in [0.15, 0.2) is 0 Å². The van der Waals surface area contributed by atoms with E-state index in [0.717, 1.165) is 38.0 Å². The number of aliphatic hydroxyl groups excluding tert-OH is 3. The second-order valence-corrected chi connectivity index (χ2v) is 10.9. The summed E-state index contributed by atoms with van der Waals surface area (Å²) in [6.07, 6.45) is 4.77. The van der Waals surface area contributed by atoms with E-state index in [1.54, 1.807) is 25.6 Å². The molecule has 0 bridgehead atoms. The van der Waals surface area contributed by atoms with Gasteiger partial charge in [0.25, 0.3) is 0 Å². The fourth-order valence-corrected chi connectivity index (χ4v) is 5.59. The molecule has 0 unspecified atom stereocenters. The zero-order valence-electron chi connectivity index (χ0n) is 20.3. The van der Waals surface area contributed by atoms with E-state index in [1.807, 2.05) is 12.1 Å². The van der Waals surface area contributed by atoms with Gasteiger partial charge in [0.2, 0.25) is 5.91 Å². The van der Waals surface area contributed by atoms with Gasteiger partial charge in [-0.3, -0.25) is 9.78 Å². The van der Waals surface area contributed by atoms with E-state index in [4.69, 9.17) is 21.1 Å². The van der Waals surface area contributed by atoms with Crippen LogP contribution in [0.4, 0.5) is 0 Å². The van der Waals surface area contributed by atoms with Crippen LogP contribution in [-0.2, 0) is 9.53 Å². The summed E-state index contributed by atoms with van der Waals surface area (Å²) in [6, 6.07) is 2.63. The molecule has 198 valence electrons. The van der Waals surface area contributed by atoms with Gasteiger partial charge in [-0.05, 0) is 69.9 Å². The molecule has 9 atom stereocenters. The molecule has 5 N–H and O–H groups in total. The van der Waals surface area contributed by atoms with E-state index in [9.17, 15) is 20.1 Å². The van der Waals surface area contributed by atoms with Crippen LogP contribution in [0.25, 0.3) is 0 Å². The number of nitrogens with one attached hydrogen (secondary N) is 2. The van der Waals surface area contributed by atoms with Crippen LogP contribution >= 0.6 is 23.4 Å². The lowest BCUT2D eigenvalue weighted by Crippen LogP contribution is -2.65. The van der Waals surface area contributed by atoms with Gasteiger partial charge in [-0.2, -0.15) is 0 Å². The van der Waals surface area contributed by atoms with Crippen LogP contribution < -0.4 is 15.4 Å². The van der Waals surface area contributed by atoms with Crippen LogP contribution in [-0.4, -0.2) is 92.9 Å². The summed E-state index contributed by atoms with van der Waals surface area (Å²) in [4.78, 5) is 17.2. The van der Waals surface area contributed by atoms with Crippen LogP contribution in [0.1, 0.15) is 39.0 Å². The minimum absolute atomic E-state index is 0.208. The Morgan fingerprint density at radius 3 is 2.80 bits per heavy atom. The molecule has 3 rings (SSSR count). The van der Waals surface area contributed by atoms with Crippen molar-refractivity contribution in [2.45, 2.75) is 86.3 Å². The summed E-state index contributed by atoms with van der Waals surface area (Å²) in [7, 11) is 0. The number of nitrogens with zero attached hydrogens (tertiary/aromatic N) is 1. The van der Waals surface area contributed by atoms with E-state index < -0.39 is 41.3 Å². The van der Waals surface area contributed by atoms with E-state index in [-0.39, 0.29) is 11.9 Å². The monoisotopic (exact) mass is 531 g/mol. The number of ether oxygens (including phenoxy) is 2. The summed E-state index contributed by atoms with van der Waals surface area (Å²) in [5, 5.41) is 36.6. The van der Waals surface area contributed by atoms with Gasteiger partial charge in [0.1, 0.15) is 35.6 Å². The summed E-state index contributed by atoms with van der Waals surface area (Å²) >= 11 is 7.60. The third-order valence-electron chi connectivity index (χ3n) is 6.78. The van der Waals surface area contributed by atoms with Gasteiger partial charge in [-0.25, -0.2) is 0 Å². The van der Waals surface area contributed by atoms with Crippen molar-refractivity contribution in [1.82, 2.24) is 15.6 Å². The minimum atomic E-state index is -1.39. The smallest absolute Gasteiger partial charge is 0.237 e. The maximum Gasteiger partial charge on any atom is 0.237 e. The summed E-state index contributed by atoms with van der Waals surface area (Å²) in [5.41, 5.74) is -0.730. The Bertz CT molecular complexity index is 777. The average molecular weight is 532 g/mol. The minimum Gasteiger partial charge on any atom is -0.492 e. The lowest BCUT2D eigenvalue weighted by Gasteiger charge is -2.44. The highest BCUT2D eigenvalue weighted by Crippen LogP contribution is 2.30. The lowest BCUT2D eigenvalue weighted by atomic mass is 9.92. The topological polar surface area (TPSA) is 133 Å². The molecule has 0 aromatic carbocycles. The quantitative estimate of drug-likeness (QED) is 0.223. The summed E-state index contributed by atoms with van der Waals surface area (Å²) < 4.78 is 11.6. The number of alkyl halides is 1. The Labute approximate surface area is 216 Å². The van der Waals surface area contributed by atoms with Crippen LogP contribution in [0.3, 0.4) is 0 Å². The molecule has 9 nitrogen and oxygen atoms in total. The van der Waals surface area contributed by atoms with Gasteiger partial charge < -0.3 is 35.4 Å².